The molecule has 2 N–H and O–H groups in total. The lowest BCUT2D eigenvalue weighted by Gasteiger charge is -2.06. The number of halogens is 2. The SMILES string of the molecule is O=C(CCc1cc2ccc(F)cc2[nH]c1=O)Nc1cccc(Cl)c1. The first-order chi connectivity index (χ1) is 11.5. The summed E-state index contributed by atoms with van der Waals surface area (Å²) in [5.74, 6) is -0.623. The molecule has 1 heterocycles. The number of aryl methyl sites for hydroxylation is 1. The zero-order valence-corrected chi connectivity index (χ0v) is 13.4. The monoisotopic (exact) mass is 344 g/mol. The molecule has 4 nitrogen and oxygen atoms in total. The number of amides is 1. The van der Waals surface area contributed by atoms with E-state index in [1.165, 1.54) is 12.1 Å². The molecule has 0 aliphatic rings. The lowest BCUT2D eigenvalue weighted by atomic mass is 10.1. The van der Waals surface area contributed by atoms with E-state index in [0.29, 0.717) is 21.8 Å². The molecule has 6 heteroatoms. The average molecular weight is 345 g/mol. The third-order valence-corrected chi connectivity index (χ3v) is 3.85. The molecule has 2 aromatic carbocycles. The number of H-pyrrole nitrogens is 1. The van der Waals surface area contributed by atoms with E-state index in [0.717, 1.165) is 5.39 Å². The number of carbonyl (C=O) groups is 1. The Morgan fingerprint density at radius 2 is 2.00 bits per heavy atom. The highest BCUT2D eigenvalue weighted by Crippen LogP contribution is 2.16. The Morgan fingerprint density at radius 1 is 1.17 bits per heavy atom. The maximum absolute atomic E-state index is 13.2. The van der Waals surface area contributed by atoms with Crippen LogP contribution in [0.25, 0.3) is 10.9 Å². The highest BCUT2D eigenvalue weighted by atomic mass is 35.5. The second-order valence-corrected chi connectivity index (χ2v) is 5.85. The van der Waals surface area contributed by atoms with Gasteiger partial charge in [-0.05, 0) is 54.3 Å². The fourth-order valence-electron chi connectivity index (χ4n) is 2.44. The highest BCUT2D eigenvalue weighted by Gasteiger charge is 2.08. The van der Waals surface area contributed by atoms with Gasteiger partial charge in [0.15, 0.2) is 0 Å². The van der Waals surface area contributed by atoms with Gasteiger partial charge in [0.1, 0.15) is 5.82 Å². The van der Waals surface area contributed by atoms with Gasteiger partial charge in [-0.1, -0.05) is 17.7 Å². The van der Waals surface area contributed by atoms with Crippen LogP contribution in [0.15, 0.2) is 53.3 Å². The van der Waals surface area contributed by atoms with Gasteiger partial charge in [0.05, 0.1) is 5.52 Å². The number of benzene rings is 2. The Kier molecular flexibility index (Phi) is 4.62. The van der Waals surface area contributed by atoms with E-state index in [9.17, 15) is 14.0 Å². The lowest BCUT2D eigenvalue weighted by Crippen LogP contribution is -2.17. The molecule has 0 unspecified atom stereocenters. The highest BCUT2D eigenvalue weighted by molar-refractivity contribution is 6.30. The zero-order valence-electron chi connectivity index (χ0n) is 12.6. The number of aromatic nitrogens is 1. The molecule has 0 radical (unpaired) electrons. The van der Waals surface area contributed by atoms with Crippen LogP contribution in [0.4, 0.5) is 10.1 Å². The van der Waals surface area contributed by atoms with Crippen LogP contribution in [0.5, 0.6) is 0 Å². The number of nitrogens with one attached hydrogen (secondary N) is 2. The number of hydrogen-bond donors (Lipinski definition) is 2. The van der Waals surface area contributed by atoms with E-state index in [1.807, 2.05) is 0 Å². The van der Waals surface area contributed by atoms with Crippen LogP contribution in [-0.2, 0) is 11.2 Å². The fourth-order valence-corrected chi connectivity index (χ4v) is 2.63. The van der Waals surface area contributed by atoms with Crippen molar-refractivity contribution < 1.29 is 9.18 Å². The standard InChI is InChI=1S/C18H14ClFN2O2/c19-13-2-1-3-15(9-13)21-17(23)7-5-12-8-11-4-6-14(20)10-16(11)22-18(12)24/h1-4,6,8-10H,5,7H2,(H,21,23)(H,22,24). The van der Waals surface area contributed by atoms with Crippen LogP contribution >= 0.6 is 11.6 Å². The van der Waals surface area contributed by atoms with Crippen LogP contribution in [0.1, 0.15) is 12.0 Å². The largest absolute Gasteiger partial charge is 0.326 e. The first-order valence-electron chi connectivity index (χ1n) is 7.38. The Hall–Kier alpha value is -2.66. The Bertz CT molecular complexity index is 969. The molecule has 0 saturated heterocycles. The molecule has 1 aromatic heterocycles. The van der Waals surface area contributed by atoms with Gasteiger partial charge in [-0.25, -0.2) is 4.39 Å². The predicted octanol–water partition coefficient (Wildman–Crippen LogP) is 3.89. The van der Waals surface area contributed by atoms with Gasteiger partial charge in [0, 0.05) is 22.7 Å². The van der Waals surface area contributed by atoms with E-state index in [1.54, 1.807) is 36.4 Å². The molecule has 0 spiro atoms. The van der Waals surface area contributed by atoms with Gasteiger partial charge in [-0.2, -0.15) is 0 Å². The average Bonchev–Trinajstić information content (AvgIpc) is 2.53. The zero-order chi connectivity index (χ0) is 17.1. The molecule has 0 aliphatic heterocycles. The smallest absolute Gasteiger partial charge is 0.251 e. The summed E-state index contributed by atoms with van der Waals surface area (Å²) in [5, 5.41) is 3.99. The van der Waals surface area contributed by atoms with Crippen molar-refractivity contribution in [1.82, 2.24) is 4.98 Å². The number of aromatic amines is 1. The van der Waals surface area contributed by atoms with Gasteiger partial charge >= 0.3 is 0 Å². The summed E-state index contributed by atoms with van der Waals surface area (Å²) in [6.07, 6.45) is 0.442. The summed E-state index contributed by atoms with van der Waals surface area (Å²) in [6.45, 7) is 0. The van der Waals surface area contributed by atoms with Gasteiger partial charge in [-0.15, -0.1) is 0 Å². The number of pyridine rings is 1. The van der Waals surface area contributed by atoms with Crippen molar-refractivity contribution in [2.75, 3.05) is 5.32 Å². The van der Waals surface area contributed by atoms with Crippen molar-refractivity contribution in [2.45, 2.75) is 12.8 Å². The van der Waals surface area contributed by atoms with E-state index in [2.05, 4.69) is 10.3 Å². The number of fused-ring (bicyclic) bond motifs is 1. The van der Waals surface area contributed by atoms with E-state index in [4.69, 9.17) is 11.6 Å². The summed E-state index contributed by atoms with van der Waals surface area (Å²) in [5.41, 5.74) is 1.21. The van der Waals surface area contributed by atoms with Gasteiger partial charge in [0.2, 0.25) is 5.91 Å². The lowest BCUT2D eigenvalue weighted by molar-refractivity contribution is -0.116. The van der Waals surface area contributed by atoms with Gasteiger partial charge in [-0.3, -0.25) is 9.59 Å². The molecule has 0 saturated carbocycles. The van der Waals surface area contributed by atoms with Crippen LogP contribution in [0.3, 0.4) is 0 Å². The van der Waals surface area contributed by atoms with Crippen molar-refractivity contribution in [2.24, 2.45) is 0 Å². The minimum Gasteiger partial charge on any atom is -0.326 e. The van der Waals surface area contributed by atoms with Crippen LogP contribution in [-0.4, -0.2) is 10.9 Å². The topological polar surface area (TPSA) is 62.0 Å². The molecule has 3 rings (SSSR count). The minimum atomic E-state index is -0.410. The van der Waals surface area contributed by atoms with Crippen LogP contribution in [0, 0.1) is 5.82 Å². The van der Waals surface area contributed by atoms with Crippen LogP contribution < -0.4 is 10.9 Å². The van der Waals surface area contributed by atoms with Crippen molar-refractivity contribution in [3.63, 3.8) is 0 Å². The number of anilines is 1. The molecule has 0 bridgehead atoms. The summed E-state index contributed by atoms with van der Waals surface area (Å²) in [4.78, 5) is 26.7. The second kappa shape index (κ2) is 6.84. The van der Waals surface area contributed by atoms with Crippen molar-refractivity contribution in [3.05, 3.63) is 75.3 Å². The third kappa shape index (κ3) is 3.81. The molecular formula is C18H14ClFN2O2. The van der Waals surface area contributed by atoms with Gasteiger partial charge in [0.25, 0.3) is 5.56 Å². The first kappa shape index (κ1) is 16.2. The molecule has 24 heavy (non-hydrogen) atoms. The molecule has 1 amide bonds. The van der Waals surface area contributed by atoms with Crippen molar-refractivity contribution in [1.29, 1.82) is 0 Å². The summed E-state index contributed by atoms with van der Waals surface area (Å²) in [7, 11) is 0. The summed E-state index contributed by atoms with van der Waals surface area (Å²) in [6, 6.07) is 12.7. The maximum Gasteiger partial charge on any atom is 0.251 e. The number of rotatable bonds is 4. The number of carbonyl (C=O) groups excluding carboxylic acids is 1. The molecular weight excluding hydrogens is 331 g/mol. The van der Waals surface area contributed by atoms with E-state index >= 15 is 0 Å². The van der Waals surface area contributed by atoms with Crippen molar-refractivity contribution in [3.8, 4) is 0 Å². The fraction of sp³-hybridized carbons (Fsp3) is 0.111. The Balaban J connectivity index is 1.71. The molecule has 0 aliphatic carbocycles. The maximum atomic E-state index is 13.2. The predicted molar refractivity (Wildman–Crippen MR) is 92.9 cm³/mol. The minimum absolute atomic E-state index is 0.155. The third-order valence-electron chi connectivity index (χ3n) is 3.61. The van der Waals surface area contributed by atoms with E-state index in [-0.39, 0.29) is 24.3 Å². The normalized spacial score (nSPS) is 10.8. The Labute approximate surface area is 142 Å². The number of hydrogen-bond acceptors (Lipinski definition) is 2. The summed E-state index contributed by atoms with van der Waals surface area (Å²) < 4.78 is 13.2. The van der Waals surface area contributed by atoms with Gasteiger partial charge < -0.3 is 10.3 Å². The molecule has 122 valence electrons. The Morgan fingerprint density at radius 3 is 2.79 bits per heavy atom. The van der Waals surface area contributed by atoms with Crippen molar-refractivity contribution >= 4 is 34.1 Å². The summed E-state index contributed by atoms with van der Waals surface area (Å²) >= 11 is 5.87. The first-order valence-corrected chi connectivity index (χ1v) is 7.76. The molecule has 0 atom stereocenters. The second-order valence-electron chi connectivity index (χ2n) is 5.41. The van der Waals surface area contributed by atoms with E-state index < -0.39 is 5.82 Å². The molecule has 0 fully saturated rings. The van der Waals surface area contributed by atoms with Crippen LogP contribution in [0.2, 0.25) is 5.02 Å². The molecule has 3 aromatic rings. The quantitative estimate of drug-likeness (QED) is 0.754.